The van der Waals surface area contributed by atoms with Gasteiger partial charge in [0.15, 0.2) is 0 Å². The molecule has 19 heavy (non-hydrogen) atoms. The van der Waals surface area contributed by atoms with E-state index in [9.17, 15) is 8.78 Å². The normalized spacial score (nSPS) is 11.1. The van der Waals surface area contributed by atoms with Crippen molar-refractivity contribution < 1.29 is 8.78 Å². The second-order valence-corrected chi connectivity index (χ2v) is 4.37. The standard InChI is InChI=1S/C14H9ClF2N2/c15-8-14-18-12-6-3-10(17)7-13(12)19(14)11-4-1-9(16)2-5-11/h1-7H,8H2. The number of hydrogen-bond acceptors (Lipinski definition) is 1. The van der Waals surface area contributed by atoms with E-state index in [1.807, 2.05) is 0 Å². The van der Waals surface area contributed by atoms with Gasteiger partial charge in [-0.2, -0.15) is 0 Å². The summed E-state index contributed by atoms with van der Waals surface area (Å²) in [4.78, 5) is 4.34. The van der Waals surface area contributed by atoms with E-state index in [-0.39, 0.29) is 17.5 Å². The van der Waals surface area contributed by atoms with Crippen molar-refractivity contribution in [2.45, 2.75) is 5.88 Å². The summed E-state index contributed by atoms with van der Waals surface area (Å²) >= 11 is 5.87. The molecule has 0 radical (unpaired) electrons. The Morgan fingerprint density at radius 3 is 2.37 bits per heavy atom. The van der Waals surface area contributed by atoms with E-state index in [2.05, 4.69) is 4.98 Å². The van der Waals surface area contributed by atoms with Gasteiger partial charge in [0, 0.05) is 11.8 Å². The SMILES string of the molecule is Fc1ccc(-n2c(CCl)nc3ccc(F)cc32)cc1. The summed E-state index contributed by atoms with van der Waals surface area (Å²) in [5.74, 6) is 0.103. The molecule has 3 rings (SSSR count). The van der Waals surface area contributed by atoms with Gasteiger partial charge >= 0.3 is 0 Å². The van der Waals surface area contributed by atoms with Gasteiger partial charge in [-0.15, -0.1) is 11.6 Å². The molecule has 0 amide bonds. The van der Waals surface area contributed by atoms with Crippen molar-refractivity contribution in [2.24, 2.45) is 0 Å². The molecule has 0 N–H and O–H groups in total. The van der Waals surface area contributed by atoms with Crippen molar-refractivity contribution in [2.75, 3.05) is 0 Å². The molecule has 0 saturated heterocycles. The van der Waals surface area contributed by atoms with Crippen LogP contribution in [0.15, 0.2) is 42.5 Å². The van der Waals surface area contributed by atoms with E-state index >= 15 is 0 Å². The zero-order valence-electron chi connectivity index (χ0n) is 9.78. The molecule has 1 heterocycles. The highest BCUT2D eigenvalue weighted by Crippen LogP contribution is 2.23. The largest absolute Gasteiger partial charge is 0.295 e. The van der Waals surface area contributed by atoms with Crippen LogP contribution in [0.5, 0.6) is 0 Å². The Morgan fingerprint density at radius 2 is 1.68 bits per heavy atom. The van der Waals surface area contributed by atoms with Gasteiger partial charge in [-0.05, 0) is 36.4 Å². The zero-order valence-corrected chi connectivity index (χ0v) is 10.5. The maximum atomic E-state index is 13.4. The second kappa shape index (κ2) is 4.63. The number of halogens is 3. The third-order valence-corrected chi connectivity index (χ3v) is 3.13. The predicted molar refractivity (Wildman–Crippen MR) is 70.5 cm³/mol. The van der Waals surface area contributed by atoms with Gasteiger partial charge in [-0.25, -0.2) is 13.8 Å². The quantitative estimate of drug-likeness (QED) is 0.647. The van der Waals surface area contributed by atoms with Crippen molar-refractivity contribution >= 4 is 22.6 Å². The number of rotatable bonds is 2. The van der Waals surface area contributed by atoms with Crippen LogP contribution in [0, 0.1) is 11.6 Å². The maximum Gasteiger partial charge on any atom is 0.129 e. The summed E-state index contributed by atoms with van der Waals surface area (Å²) in [6.45, 7) is 0. The van der Waals surface area contributed by atoms with Crippen LogP contribution >= 0.6 is 11.6 Å². The molecule has 1 aromatic heterocycles. The van der Waals surface area contributed by atoms with Crippen LogP contribution in [0.2, 0.25) is 0 Å². The lowest BCUT2D eigenvalue weighted by molar-refractivity contribution is 0.626. The van der Waals surface area contributed by atoms with Crippen LogP contribution in [-0.2, 0) is 5.88 Å². The van der Waals surface area contributed by atoms with Gasteiger partial charge in [0.05, 0.1) is 16.9 Å². The van der Waals surface area contributed by atoms with Crippen molar-refractivity contribution in [3.05, 3.63) is 59.9 Å². The molecule has 0 fully saturated rings. The number of alkyl halides is 1. The van der Waals surface area contributed by atoms with Crippen molar-refractivity contribution in [1.29, 1.82) is 0 Å². The molecule has 0 aliphatic rings. The average molecular weight is 279 g/mol. The summed E-state index contributed by atoms with van der Waals surface area (Å²) in [5, 5.41) is 0. The molecular weight excluding hydrogens is 270 g/mol. The van der Waals surface area contributed by atoms with E-state index in [1.54, 1.807) is 22.8 Å². The van der Waals surface area contributed by atoms with Crippen LogP contribution in [0.4, 0.5) is 8.78 Å². The topological polar surface area (TPSA) is 17.8 Å². The zero-order chi connectivity index (χ0) is 13.4. The molecule has 3 aromatic rings. The lowest BCUT2D eigenvalue weighted by Gasteiger charge is -2.07. The molecule has 96 valence electrons. The molecule has 0 aliphatic carbocycles. The van der Waals surface area contributed by atoms with E-state index < -0.39 is 0 Å². The fourth-order valence-corrected chi connectivity index (χ4v) is 2.25. The molecule has 0 aliphatic heterocycles. The first-order valence-electron chi connectivity index (χ1n) is 5.68. The molecule has 0 atom stereocenters. The molecule has 0 saturated carbocycles. The van der Waals surface area contributed by atoms with Crippen molar-refractivity contribution in [3.63, 3.8) is 0 Å². The van der Waals surface area contributed by atoms with E-state index in [0.717, 1.165) is 0 Å². The van der Waals surface area contributed by atoms with Gasteiger partial charge in [-0.3, -0.25) is 4.57 Å². The van der Waals surface area contributed by atoms with E-state index in [0.29, 0.717) is 22.5 Å². The van der Waals surface area contributed by atoms with E-state index in [1.165, 1.54) is 24.3 Å². The number of aromatic nitrogens is 2. The first-order valence-corrected chi connectivity index (χ1v) is 6.21. The van der Waals surface area contributed by atoms with Crippen LogP contribution in [0.25, 0.3) is 16.7 Å². The summed E-state index contributed by atoms with van der Waals surface area (Å²) in [7, 11) is 0. The monoisotopic (exact) mass is 278 g/mol. The molecular formula is C14H9ClF2N2. The number of hydrogen-bond donors (Lipinski definition) is 0. The summed E-state index contributed by atoms with van der Waals surface area (Å²) in [6.07, 6.45) is 0. The van der Waals surface area contributed by atoms with Gasteiger partial charge < -0.3 is 0 Å². The Labute approximate surface area is 113 Å². The van der Waals surface area contributed by atoms with Crippen LogP contribution < -0.4 is 0 Å². The Bertz CT molecular complexity index is 735. The molecule has 0 spiro atoms. The third-order valence-electron chi connectivity index (χ3n) is 2.89. The van der Waals surface area contributed by atoms with Gasteiger partial charge in [0.2, 0.25) is 0 Å². The Kier molecular flexibility index (Phi) is 2.95. The minimum atomic E-state index is -0.350. The van der Waals surface area contributed by atoms with Gasteiger partial charge in [0.25, 0.3) is 0 Å². The highest BCUT2D eigenvalue weighted by atomic mass is 35.5. The lowest BCUT2D eigenvalue weighted by atomic mass is 10.2. The molecule has 2 aromatic carbocycles. The molecule has 5 heteroatoms. The maximum absolute atomic E-state index is 13.4. The number of nitrogens with zero attached hydrogens (tertiary/aromatic N) is 2. The Hall–Kier alpha value is -1.94. The minimum absolute atomic E-state index is 0.188. The highest BCUT2D eigenvalue weighted by Gasteiger charge is 2.12. The minimum Gasteiger partial charge on any atom is -0.295 e. The second-order valence-electron chi connectivity index (χ2n) is 4.11. The number of imidazole rings is 1. The van der Waals surface area contributed by atoms with Crippen LogP contribution in [0.1, 0.15) is 5.82 Å². The van der Waals surface area contributed by atoms with Crippen LogP contribution in [-0.4, -0.2) is 9.55 Å². The Balaban J connectivity index is 2.31. The third kappa shape index (κ3) is 2.08. The Morgan fingerprint density at radius 1 is 1.00 bits per heavy atom. The molecule has 2 nitrogen and oxygen atoms in total. The average Bonchev–Trinajstić information content (AvgIpc) is 2.77. The summed E-state index contributed by atoms with van der Waals surface area (Å²) in [5.41, 5.74) is 1.97. The summed E-state index contributed by atoms with van der Waals surface area (Å²) < 4.78 is 28.1. The number of benzene rings is 2. The fourth-order valence-electron chi connectivity index (χ4n) is 2.07. The van der Waals surface area contributed by atoms with Gasteiger partial charge in [0.1, 0.15) is 17.5 Å². The van der Waals surface area contributed by atoms with Crippen molar-refractivity contribution in [1.82, 2.24) is 9.55 Å². The first kappa shape index (κ1) is 12.1. The first-order chi connectivity index (χ1) is 9.19. The highest BCUT2D eigenvalue weighted by molar-refractivity contribution is 6.17. The molecule has 0 unspecified atom stereocenters. The van der Waals surface area contributed by atoms with E-state index in [4.69, 9.17) is 11.6 Å². The number of fused-ring (bicyclic) bond motifs is 1. The molecule has 0 bridgehead atoms. The van der Waals surface area contributed by atoms with Crippen LogP contribution in [0.3, 0.4) is 0 Å². The van der Waals surface area contributed by atoms with Gasteiger partial charge in [-0.1, -0.05) is 0 Å². The smallest absolute Gasteiger partial charge is 0.129 e. The van der Waals surface area contributed by atoms with Crippen molar-refractivity contribution in [3.8, 4) is 5.69 Å². The fraction of sp³-hybridized carbons (Fsp3) is 0.0714. The lowest BCUT2D eigenvalue weighted by Crippen LogP contribution is -1.99. The summed E-state index contributed by atoms with van der Waals surface area (Å²) in [6, 6.07) is 10.2. The predicted octanol–water partition coefficient (Wildman–Crippen LogP) is 4.04.